The summed E-state index contributed by atoms with van der Waals surface area (Å²) in [5.41, 5.74) is 9.78. The van der Waals surface area contributed by atoms with E-state index in [0.29, 0.717) is 0 Å². The van der Waals surface area contributed by atoms with Gasteiger partial charge in [0.25, 0.3) is 0 Å². The minimum absolute atomic E-state index is 0.736. The Morgan fingerprint density at radius 1 is 1.05 bits per heavy atom. The Balaban J connectivity index is 1.72. The summed E-state index contributed by atoms with van der Waals surface area (Å²) < 4.78 is 0. The van der Waals surface area contributed by atoms with Crippen LogP contribution in [0.1, 0.15) is 37.2 Å². The van der Waals surface area contributed by atoms with Gasteiger partial charge in [0, 0.05) is 30.5 Å². The lowest BCUT2D eigenvalue weighted by molar-refractivity contribution is 0.249. The van der Waals surface area contributed by atoms with Crippen LogP contribution in [0.5, 0.6) is 0 Å². The molecule has 0 unspecified atom stereocenters. The second kappa shape index (κ2) is 5.04. The highest BCUT2D eigenvalue weighted by atomic mass is 15.2. The minimum atomic E-state index is 0.736. The number of nitrogens with two attached hydrogens (primary N) is 1. The van der Waals surface area contributed by atoms with Crippen LogP contribution in [0.4, 0.5) is 11.4 Å². The average Bonchev–Trinajstić information content (AvgIpc) is 3.22. The highest BCUT2D eigenvalue weighted by Gasteiger charge is 2.26. The maximum Gasteiger partial charge on any atom is 0.0389 e. The zero-order valence-corrected chi connectivity index (χ0v) is 12.1. The molecule has 104 valence electrons. The molecule has 0 amide bonds. The Kier molecular flexibility index (Phi) is 3.40. The molecule has 2 aliphatic rings. The van der Waals surface area contributed by atoms with E-state index in [0.717, 1.165) is 30.7 Å². The Bertz CT molecular complexity index is 443. The van der Waals surface area contributed by atoms with Gasteiger partial charge in [-0.05, 0) is 69.5 Å². The van der Waals surface area contributed by atoms with Crippen molar-refractivity contribution in [2.45, 2.75) is 37.6 Å². The molecule has 1 aromatic rings. The van der Waals surface area contributed by atoms with Crippen LogP contribution in [0.2, 0.25) is 0 Å². The lowest BCUT2D eigenvalue weighted by atomic mass is 10.0. The van der Waals surface area contributed by atoms with Gasteiger partial charge < -0.3 is 15.5 Å². The van der Waals surface area contributed by atoms with Crippen LogP contribution in [0.3, 0.4) is 0 Å². The van der Waals surface area contributed by atoms with E-state index < -0.39 is 0 Å². The molecule has 0 atom stereocenters. The Morgan fingerprint density at radius 2 is 1.74 bits per heavy atom. The van der Waals surface area contributed by atoms with E-state index in [1.165, 1.54) is 36.9 Å². The largest absolute Gasteiger partial charge is 0.399 e. The lowest BCUT2D eigenvalue weighted by Gasteiger charge is -2.36. The fourth-order valence-electron chi connectivity index (χ4n) is 3.13. The predicted molar refractivity (Wildman–Crippen MR) is 81.8 cm³/mol. The average molecular weight is 259 g/mol. The first-order valence-electron chi connectivity index (χ1n) is 7.45. The molecule has 3 nitrogen and oxygen atoms in total. The monoisotopic (exact) mass is 259 g/mol. The molecule has 1 aliphatic heterocycles. The van der Waals surface area contributed by atoms with Crippen molar-refractivity contribution in [3.05, 3.63) is 23.8 Å². The highest BCUT2D eigenvalue weighted by Crippen LogP contribution is 2.42. The van der Waals surface area contributed by atoms with Crippen LogP contribution in [-0.2, 0) is 0 Å². The van der Waals surface area contributed by atoms with Crippen LogP contribution in [0, 0.1) is 0 Å². The number of nitrogens with zero attached hydrogens (tertiary/aromatic N) is 2. The number of piperidine rings is 1. The van der Waals surface area contributed by atoms with Crippen molar-refractivity contribution in [3.8, 4) is 0 Å². The molecule has 2 fully saturated rings. The van der Waals surface area contributed by atoms with E-state index >= 15 is 0 Å². The fraction of sp³-hybridized carbons (Fsp3) is 0.625. The van der Waals surface area contributed by atoms with E-state index in [4.69, 9.17) is 5.73 Å². The molecule has 2 N–H and O–H groups in total. The maximum absolute atomic E-state index is 6.07. The van der Waals surface area contributed by atoms with Crippen molar-refractivity contribution >= 4 is 11.4 Å². The summed E-state index contributed by atoms with van der Waals surface area (Å²) in [6.07, 6.45) is 5.18. The van der Waals surface area contributed by atoms with Gasteiger partial charge in [0.1, 0.15) is 0 Å². The number of hydrogen-bond acceptors (Lipinski definition) is 3. The molecule has 1 aromatic carbocycles. The maximum atomic E-state index is 6.07. The molecule has 19 heavy (non-hydrogen) atoms. The summed E-state index contributed by atoms with van der Waals surface area (Å²) >= 11 is 0. The van der Waals surface area contributed by atoms with E-state index in [1.807, 2.05) is 0 Å². The standard InChI is InChI=1S/C16H25N3/c1-18(2)15-5-7-19(8-6-15)16-10-13(12-3-4-12)9-14(17)11-16/h9-12,15H,3-8,17H2,1-2H3. The molecule has 1 aliphatic carbocycles. The molecule has 0 bridgehead atoms. The van der Waals surface area contributed by atoms with Crippen molar-refractivity contribution in [2.24, 2.45) is 0 Å². The van der Waals surface area contributed by atoms with Crippen molar-refractivity contribution in [2.75, 3.05) is 37.8 Å². The second-order valence-corrected chi connectivity index (χ2v) is 6.31. The number of nitrogen functional groups attached to an aromatic ring is 1. The third kappa shape index (κ3) is 2.86. The Hall–Kier alpha value is -1.22. The molecule has 0 aromatic heterocycles. The molecular formula is C16H25N3. The molecule has 1 saturated heterocycles. The van der Waals surface area contributed by atoms with Gasteiger partial charge in [-0.2, -0.15) is 0 Å². The normalized spacial score (nSPS) is 21.1. The lowest BCUT2D eigenvalue weighted by Crippen LogP contribution is -2.42. The third-order valence-electron chi connectivity index (χ3n) is 4.57. The van der Waals surface area contributed by atoms with E-state index in [2.05, 4.69) is 42.1 Å². The third-order valence-corrected chi connectivity index (χ3v) is 4.57. The number of benzene rings is 1. The van der Waals surface area contributed by atoms with Gasteiger partial charge in [0.15, 0.2) is 0 Å². The van der Waals surface area contributed by atoms with Crippen LogP contribution in [-0.4, -0.2) is 38.1 Å². The van der Waals surface area contributed by atoms with Gasteiger partial charge in [-0.3, -0.25) is 0 Å². The number of hydrogen-bond donors (Lipinski definition) is 1. The van der Waals surface area contributed by atoms with E-state index in [-0.39, 0.29) is 0 Å². The minimum Gasteiger partial charge on any atom is -0.399 e. The molecule has 3 heteroatoms. The van der Waals surface area contributed by atoms with E-state index in [1.54, 1.807) is 0 Å². The topological polar surface area (TPSA) is 32.5 Å². The quantitative estimate of drug-likeness (QED) is 0.847. The summed E-state index contributed by atoms with van der Waals surface area (Å²) in [5, 5.41) is 0. The summed E-state index contributed by atoms with van der Waals surface area (Å²) in [6.45, 7) is 2.30. The van der Waals surface area contributed by atoms with Gasteiger partial charge in [-0.1, -0.05) is 0 Å². The fourth-order valence-corrected chi connectivity index (χ4v) is 3.13. The first-order valence-corrected chi connectivity index (χ1v) is 7.45. The van der Waals surface area contributed by atoms with Crippen LogP contribution in [0.25, 0.3) is 0 Å². The second-order valence-electron chi connectivity index (χ2n) is 6.31. The zero-order chi connectivity index (χ0) is 13.4. The van der Waals surface area contributed by atoms with Crippen molar-refractivity contribution < 1.29 is 0 Å². The molecule has 1 saturated carbocycles. The van der Waals surface area contributed by atoms with E-state index in [9.17, 15) is 0 Å². The van der Waals surface area contributed by atoms with Crippen LogP contribution < -0.4 is 10.6 Å². The van der Waals surface area contributed by atoms with Gasteiger partial charge >= 0.3 is 0 Å². The van der Waals surface area contributed by atoms with Gasteiger partial charge in [0.05, 0.1) is 0 Å². The molecular weight excluding hydrogens is 234 g/mol. The number of anilines is 2. The smallest absolute Gasteiger partial charge is 0.0389 e. The van der Waals surface area contributed by atoms with Crippen LogP contribution >= 0.6 is 0 Å². The number of rotatable bonds is 3. The first-order chi connectivity index (χ1) is 9.13. The highest BCUT2D eigenvalue weighted by molar-refractivity contribution is 5.59. The summed E-state index contributed by atoms with van der Waals surface area (Å²) in [7, 11) is 4.37. The van der Waals surface area contributed by atoms with Gasteiger partial charge in [-0.25, -0.2) is 0 Å². The summed E-state index contributed by atoms with van der Waals surface area (Å²) in [5.74, 6) is 0.779. The van der Waals surface area contributed by atoms with Gasteiger partial charge in [0.2, 0.25) is 0 Å². The zero-order valence-electron chi connectivity index (χ0n) is 12.1. The Labute approximate surface area is 116 Å². The van der Waals surface area contributed by atoms with Crippen LogP contribution in [0.15, 0.2) is 18.2 Å². The summed E-state index contributed by atoms with van der Waals surface area (Å²) in [4.78, 5) is 4.86. The van der Waals surface area contributed by atoms with Gasteiger partial charge in [-0.15, -0.1) is 0 Å². The molecule has 1 heterocycles. The van der Waals surface area contributed by atoms with Crippen molar-refractivity contribution in [3.63, 3.8) is 0 Å². The molecule has 0 spiro atoms. The Morgan fingerprint density at radius 3 is 2.32 bits per heavy atom. The van der Waals surface area contributed by atoms with Crippen molar-refractivity contribution in [1.29, 1.82) is 0 Å². The predicted octanol–water partition coefficient (Wildman–Crippen LogP) is 2.68. The first kappa shape index (κ1) is 12.8. The molecule has 3 rings (SSSR count). The summed E-state index contributed by atoms with van der Waals surface area (Å²) in [6, 6.07) is 7.40. The SMILES string of the molecule is CN(C)C1CCN(c2cc(N)cc(C3CC3)c2)CC1. The van der Waals surface area contributed by atoms with Crippen molar-refractivity contribution in [1.82, 2.24) is 4.90 Å². The molecule has 0 radical (unpaired) electrons.